The lowest BCUT2D eigenvalue weighted by Gasteiger charge is -2.24. The van der Waals surface area contributed by atoms with Gasteiger partial charge in [-0.1, -0.05) is 79.4 Å². The van der Waals surface area contributed by atoms with Crippen LogP contribution in [0.15, 0.2) is 54.6 Å². The lowest BCUT2D eigenvalue weighted by atomic mass is 9.95. The van der Waals surface area contributed by atoms with Crippen molar-refractivity contribution in [3.8, 4) is 0 Å². The standard InChI is InChI=1S/C21H25N/c1-16-12-14-18(15-13-16)21-20(17-8-4-2-5-9-17)22(21)19-10-6-3-7-11-19/h2,4-5,8-9,12-15,19-21H,3,6-7,10-11H2,1H3. The van der Waals surface area contributed by atoms with Crippen molar-refractivity contribution in [2.75, 3.05) is 0 Å². The van der Waals surface area contributed by atoms with E-state index in [1.165, 1.54) is 48.8 Å². The second-order valence-corrected chi connectivity index (χ2v) is 6.95. The van der Waals surface area contributed by atoms with Gasteiger partial charge in [0, 0.05) is 6.04 Å². The smallest absolute Gasteiger partial charge is 0.0555 e. The number of nitrogens with zero attached hydrogens (tertiary/aromatic N) is 1. The molecule has 22 heavy (non-hydrogen) atoms. The Labute approximate surface area is 134 Å². The van der Waals surface area contributed by atoms with Crippen molar-refractivity contribution < 1.29 is 0 Å². The molecule has 0 radical (unpaired) electrons. The van der Waals surface area contributed by atoms with Crippen LogP contribution in [-0.4, -0.2) is 10.9 Å². The third kappa shape index (κ3) is 2.59. The first-order chi connectivity index (χ1) is 10.8. The zero-order chi connectivity index (χ0) is 14.9. The Hall–Kier alpha value is -1.60. The van der Waals surface area contributed by atoms with Crippen LogP contribution in [-0.2, 0) is 0 Å². The fraction of sp³-hybridized carbons (Fsp3) is 0.429. The third-order valence-corrected chi connectivity index (χ3v) is 5.41. The van der Waals surface area contributed by atoms with Crippen LogP contribution >= 0.6 is 0 Å². The van der Waals surface area contributed by atoms with Crippen molar-refractivity contribution in [1.29, 1.82) is 0 Å². The van der Waals surface area contributed by atoms with E-state index >= 15 is 0 Å². The molecule has 3 atom stereocenters. The molecular weight excluding hydrogens is 266 g/mol. The van der Waals surface area contributed by atoms with Crippen LogP contribution in [0.4, 0.5) is 0 Å². The lowest BCUT2D eigenvalue weighted by Crippen LogP contribution is -2.22. The van der Waals surface area contributed by atoms with E-state index in [2.05, 4.69) is 66.4 Å². The highest BCUT2D eigenvalue weighted by Crippen LogP contribution is 2.57. The Morgan fingerprint density at radius 3 is 1.95 bits per heavy atom. The van der Waals surface area contributed by atoms with Gasteiger partial charge in [0.15, 0.2) is 0 Å². The molecule has 1 heterocycles. The van der Waals surface area contributed by atoms with E-state index in [9.17, 15) is 0 Å². The Kier molecular flexibility index (Phi) is 3.75. The molecule has 3 unspecified atom stereocenters. The third-order valence-electron chi connectivity index (χ3n) is 5.41. The molecule has 1 aliphatic heterocycles. The van der Waals surface area contributed by atoms with Gasteiger partial charge in [0.1, 0.15) is 0 Å². The van der Waals surface area contributed by atoms with Gasteiger partial charge < -0.3 is 0 Å². The predicted octanol–water partition coefficient (Wildman–Crippen LogP) is 5.43. The number of rotatable bonds is 3. The molecule has 0 aromatic heterocycles. The maximum absolute atomic E-state index is 2.78. The van der Waals surface area contributed by atoms with Gasteiger partial charge >= 0.3 is 0 Å². The van der Waals surface area contributed by atoms with Crippen molar-refractivity contribution in [1.82, 2.24) is 4.90 Å². The number of benzene rings is 2. The summed E-state index contributed by atoms with van der Waals surface area (Å²) in [6.45, 7) is 2.17. The van der Waals surface area contributed by atoms with E-state index in [0.717, 1.165) is 6.04 Å². The van der Waals surface area contributed by atoms with Crippen LogP contribution in [0.25, 0.3) is 0 Å². The monoisotopic (exact) mass is 291 g/mol. The van der Waals surface area contributed by atoms with Crippen LogP contribution in [0, 0.1) is 6.92 Å². The van der Waals surface area contributed by atoms with E-state index in [1.54, 1.807) is 0 Å². The van der Waals surface area contributed by atoms with Crippen molar-refractivity contribution in [2.45, 2.75) is 57.2 Å². The molecule has 2 fully saturated rings. The van der Waals surface area contributed by atoms with Gasteiger partial charge in [-0.15, -0.1) is 0 Å². The van der Waals surface area contributed by atoms with Gasteiger partial charge in [-0.05, 0) is 30.9 Å². The Bertz CT molecular complexity index is 610. The molecule has 0 spiro atoms. The summed E-state index contributed by atoms with van der Waals surface area (Å²) < 4.78 is 0. The highest BCUT2D eigenvalue weighted by Gasteiger charge is 2.52. The topological polar surface area (TPSA) is 3.01 Å². The molecule has 0 bridgehead atoms. The highest BCUT2D eigenvalue weighted by molar-refractivity contribution is 5.36. The van der Waals surface area contributed by atoms with E-state index < -0.39 is 0 Å². The molecule has 1 saturated carbocycles. The summed E-state index contributed by atoms with van der Waals surface area (Å²) in [5.41, 5.74) is 4.33. The molecular formula is C21H25N. The predicted molar refractivity (Wildman–Crippen MR) is 91.8 cm³/mol. The van der Waals surface area contributed by atoms with Crippen molar-refractivity contribution in [3.63, 3.8) is 0 Å². The second kappa shape index (κ2) is 5.89. The molecule has 1 nitrogen and oxygen atoms in total. The summed E-state index contributed by atoms with van der Waals surface area (Å²) in [4.78, 5) is 2.78. The van der Waals surface area contributed by atoms with Crippen LogP contribution in [0.3, 0.4) is 0 Å². The zero-order valence-corrected chi connectivity index (χ0v) is 13.4. The summed E-state index contributed by atoms with van der Waals surface area (Å²) >= 11 is 0. The molecule has 2 aliphatic rings. The summed E-state index contributed by atoms with van der Waals surface area (Å²) in [7, 11) is 0. The number of aryl methyl sites for hydroxylation is 1. The largest absolute Gasteiger partial charge is 0.283 e. The first kappa shape index (κ1) is 14.0. The summed E-state index contributed by atoms with van der Waals surface area (Å²) in [5, 5.41) is 0. The average molecular weight is 291 g/mol. The quantitative estimate of drug-likeness (QED) is 0.682. The van der Waals surface area contributed by atoms with Crippen LogP contribution in [0.5, 0.6) is 0 Å². The Morgan fingerprint density at radius 2 is 1.32 bits per heavy atom. The molecule has 1 saturated heterocycles. The molecule has 2 aromatic rings. The average Bonchev–Trinajstić information content (AvgIpc) is 3.33. The minimum atomic E-state index is 0.589. The highest BCUT2D eigenvalue weighted by atomic mass is 15.4. The fourth-order valence-corrected chi connectivity index (χ4v) is 4.20. The van der Waals surface area contributed by atoms with Crippen LogP contribution in [0.1, 0.15) is 60.9 Å². The van der Waals surface area contributed by atoms with Gasteiger partial charge in [-0.25, -0.2) is 0 Å². The van der Waals surface area contributed by atoms with Gasteiger partial charge in [-0.3, -0.25) is 4.90 Å². The van der Waals surface area contributed by atoms with Crippen molar-refractivity contribution >= 4 is 0 Å². The number of hydrogen-bond donors (Lipinski definition) is 0. The number of hydrogen-bond acceptors (Lipinski definition) is 1. The molecule has 2 aromatic carbocycles. The van der Waals surface area contributed by atoms with Crippen molar-refractivity contribution in [2.24, 2.45) is 0 Å². The van der Waals surface area contributed by atoms with E-state index in [4.69, 9.17) is 0 Å². The lowest BCUT2D eigenvalue weighted by molar-refractivity contribution is 0.269. The Balaban J connectivity index is 1.63. The SMILES string of the molecule is Cc1ccc(C2C(c3ccccc3)N2C2CCCCC2)cc1. The van der Waals surface area contributed by atoms with Gasteiger partial charge in [-0.2, -0.15) is 0 Å². The molecule has 4 rings (SSSR count). The second-order valence-electron chi connectivity index (χ2n) is 6.95. The van der Waals surface area contributed by atoms with Gasteiger partial charge in [0.25, 0.3) is 0 Å². The van der Waals surface area contributed by atoms with Gasteiger partial charge in [0.2, 0.25) is 0 Å². The fourth-order valence-electron chi connectivity index (χ4n) is 4.20. The molecule has 114 valence electrons. The maximum Gasteiger partial charge on any atom is 0.0555 e. The molecule has 0 N–H and O–H groups in total. The van der Waals surface area contributed by atoms with E-state index in [-0.39, 0.29) is 0 Å². The molecule has 0 amide bonds. The molecule has 1 aliphatic carbocycles. The van der Waals surface area contributed by atoms with Gasteiger partial charge in [0.05, 0.1) is 12.1 Å². The first-order valence-electron chi connectivity index (χ1n) is 8.73. The molecule has 1 heteroatoms. The first-order valence-corrected chi connectivity index (χ1v) is 8.73. The van der Waals surface area contributed by atoms with Crippen molar-refractivity contribution in [3.05, 3.63) is 71.3 Å². The zero-order valence-electron chi connectivity index (χ0n) is 13.4. The Morgan fingerprint density at radius 1 is 0.727 bits per heavy atom. The summed E-state index contributed by atoms with van der Waals surface area (Å²) in [5.74, 6) is 0. The minimum Gasteiger partial charge on any atom is -0.283 e. The van der Waals surface area contributed by atoms with E-state index in [0.29, 0.717) is 12.1 Å². The summed E-state index contributed by atoms with van der Waals surface area (Å²) in [6, 6.07) is 22.2. The van der Waals surface area contributed by atoms with E-state index in [1.807, 2.05) is 0 Å². The minimum absolute atomic E-state index is 0.589. The van der Waals surface area contributed by atoms with Crippen LogP contribution < -0.4 is 0 Å². The normalized spacial score (nSPS) is 28.5. The maximum atomic E-state index is 2.78. The van der Waals surface area contributed by atoms with Crippen LogP contribution in [0.2, 0.25) is 0 Å². The summed E-state index contributed by atoms with van der Waals surface area (Å²) in [6.07, 6.45) is 7.00.